The van der Waals surface area contributed by atoms with Crippen LogP contribution in [0.4, 0.5) is 0 Å². The molecule has 0 aliphatic carbocycles. The van der Waals surface area contributed by atoms with Crippen LogP contribution in [0, 0.1) is 5.41 Å². The molecule has 0 saturated heterocycles. The van der Waals surface area contributed by atoms with Crippen molar-refractivity contribution in [3.63, 3.8) is 0 Å². The zero-order valence-electron chi connectivity index (χ0n) is 17.8. The maximum Gasteiger partial charge on any atom is 0.439 e. The van der Waals surface area contributed by atoms with Crippen LogP contribution in [0.2, 0.25) is 0 Å². The lowest BCUT2D eigenvalue weighted by Gasteiger charge is -2.32. The average Bonchev–Trinajstić information content (AvgIpc) is 3.20. The van der Waals surface area contributed by atoms with Crippen molar-refractivity contribution < 1.29 is 9.26 Å². The van der Waals surface area contributed by atoms with Crippen molar-refractivity contribution in [2.75, 3.05) is 0 Å². The first-order valence-corrected chi connectivity index (χ1v) is 10.2. The summed E-state index contributed by atoms with van der Waals surface area (Å²) < 4.78 is 10.5. The number of hydrogen-bond acceptors (Lipinski definition) is 5. The Morgan fingerprint density at radius 1 is 0.968 bits per heavy atom. The Morgan fingerprint density at radius 2 is 1.65 bits per heavy atom. The molecule has 6 heteroatoms. The zero-order chi connectivity index (χ0) is 21.8. The van der Waals surface area contributed by atoms with Gasteiger partial charge in [0.2, 0.25) is 0 Å². The highest BCUT2D eigenvalue weighted by atomic mass is 16.5. The summed E-state index contributed by atoms with van der Waals surface area (Å²) >= 11 is 0. The third-order valence-corrected chi connectivity index (χ3v) is 5.15. The van der Waals surface area contributed by atoms with E-state index in [1.807, 2.05) is 42.5 Å². The summed E-state index contributed by atoms with van der Waals surface area (Å²) in [5, 5.41) is 3.76. The molecule has 4 aromatic rings. The Labute approximate surface area is 180 Å². The largest absolute Gasteiger partial charge is 0.487 e. The molecule has 1 atom stereocenters. The molecule has 1 unspecified atom stereocenters. The van der Waals surface area contributed by atoms with Crippen molar-refractivity contribution in [2.45, 2.75) is 33.3 Å². The Kier molecular flexibility index (Phi) is 5.71. The number of pyridine rings is 1. The fraction of sp³-hybridized carbons (Fsp3) is 0.240. The summed E-state index contributed by atoms with van der Waals surface area (Å²) in [5.74, 6) is 0.866. The van der Waals surface area contributed by atoms with Crippen LogP contribution < -0.4 is 10.5 Å². The Bertz CT molecular complexity index is 1170. The first kappa shape index (κ1) is 20.6. The van der Waals surface area contributed by atoms with E-state index < -0.39 is 5.76 Å². The number of rotatable bonds is 6. The van der Waals surface area contributed by atoms with Crippen molar-refractivity contribution in [1.82, 2.24) is 15.1 Å². The molecule has 0 amide bonds. The summed E-state index contributed by atoms with van der Waals surface area (Å²) in [6.07, 6.45) is 1.77. The smallest absolute Gasteiger partial charge is 0.439 e. The number of nitrogens with zero attached hydrogens (tertiary/aromatic N) is 2. The van der Waals surface area contributed by atoms with E-state index in [1.54, 1.807) is 6.20 Å². The standard InChI is InChI=1S/C25H25N3O3/c1-25(2,3)22(17-7-9-19(10-8-17)23-27-24(29)31-28-23)18-11-13-21(14-12-18)30-16-20-6-4-5-15-26-20/h4-15,22H,16H2,1-3H3,(H,27,28,29). The Balaban J connectivity index is 1.54. The van der Waals surface area contributed by atoms with Crippen molar-refractivity contribution in [1.29, 1.82) is 0 Å². The van der Waals surface area contributed by atoms with Gasteiger partial charge in [0.1, 0.15) is 12.4 Å². The molecular weight excluding hydrogens is 390 g/mol. The number of nitrogens with one attached hydrogen (secondary N) is 1. The van der Waals surface area contributed by atoms with E-state index in [1.165, 1.54) is 11.1 Å². The molecule has 2 aromatic carbocycles. The van der Waals surface area contributed by atoms with Crippen LogP contribution >= 0.6 is 0 Å². The van der Waals surface area contributed by atoms with E-state index in [-0.39, 0.29) is 11.3 Å². The summed E-state index contributed by atoms with van der Waals surface area (Å²) in [6, 6.07) is 22.1. The molecule has 0 aliphatic rings. The van der Waals surface area contributed by atoms with Gasteiger partial charge in [-0.15, -0.1) is 0 Å². The second-order valence-corrected chi connectivity index (χ2v) is 8.54. The van der Waals surface area contributed by atoms with E-state index >= 15 is 0 Å². The van der Waals surface area contributed by atoms with Gasteiger partial charge in [-0.3, -0.25) is 14.5 Å². The molecule has 31 heavy (non-hydrogen) atoms. The van der Waals surface area contributed by atoms with E-state index in [0.29, 0.717) is 12.4 Å². The van der Waals surface area contributed by atoms with Gasteiger partial charge in [-0.1, -0.05) is 68.4 Å². The second kappa shape index (κ2) is 8.60. The predicted octanol–water partition coefficient (Wildman–Crippen LogP) is 5.18. The van der Waals surface area contributed by atoms with Gasteiger partial charge in [-0.05, 0) is 40.8 Å². The number of benzene rings is 2. The first-order chi connectivity index (χ1) is 14.9. The minimum Gasteiger partial charge on any atom is -0.487 e. The van der Waals surface area contributed by atoms with Gasteiger partial charge in [0.25, 0.3) is 0 Å². The summed E-state index contributed by atoms with van der Waals surface area (Å²) in [7, 11) is 0. The lowest BCUT2D eigenvalue weighted by molar-refractivity contribution is 0.301. The molecule has 0 fully saturated rings. The molecule has 158 valence electrons. The van der Waals surface area contributed by atoms with Crippen molar-refractivity contribution in [3.8, 4) is 17.1 Å². The Hall–Kier alpha value is -3.67. The molecule has 0 aliphatic heterocycles. The zero-order valence-corrected chi connectivity index (χ0v) is 17.8. The predicted molar refractivity (Wildman–Crippen MR) is 119 cm³/mol. The summed E-state index contributed by atoms with van der Waals surface area (Å²) in [5.41, 5.74) is 4.10. The number of aromatic nitrogens is 3. The molecule has 0 radical (unpaired) electrons. The van der Waals surface area contributed by atoms with Crippen LogP contribution in [-0.4, -0.2) is 15.1 Å². The van der Waals surface area contributed by atoms with E-state index in [4.69, 9.17) is 4.74 Å². The van der Waals surface area contributed by atoms with Crippen molar-refractivity contribution in [2.24, 2.45) is 5.41 Å². The lowest BCUT2D eigenvalue weighted by Crippen LogP contribution is -2.19. The minimum absolute atomic E-state index is 0.0000520. The van der Waals surface area contributed by atoms with Crippen molar-refractivity contribution >= 4 is 0 Å². The molecule has 2 heterocycles. The van der Waals surface area contributed by atoms with E-state index in [2.05, 4.69) is 64.7 Å². The number of hydrogen-bond donors (Lipinski definition) is 1. The fourth-order valence-electron chi connectivity index (χ4n) is 3.78. The Morgan fingerprint density at radius 3 is 2.19 bits per heavy atom. The van der Waals surface area contributed by atoms with Crippen molar-refractivity contribution in [3.05, 3.63) is 100 Å². The SMILES string of the molecule is CC(C)(C)C(c1ccc(OCc2ccccn2)cc1)c1ccc(-c2noc(=O)[nH]2)cc1. The second-order valence-electron chi connectivity index (χ2n) is 8.54. The van der Waals surface area contributed by atoms with Crippen LogP contribution in [0.15, 0.2) is 82.2 Å². The van der Waals surface area contributed by atoms with Crippen LogP contribution in [0.25, 0.3) is 11.4 Å². The number of ether oxygens (including phenoxy) is 1. The highest BCUT2D eigenvalue weighted by Crippen LogP contribution is 2.41. The van der Waals surface area contributed by atoms with Gasteiger partial charge < -0.3 is 4.74 Å². The molecule has 6 nitrogen and oxygen atoms in total. The normalized spacial score (nSPS) is 12.5. The molecule has 1 N–H and O–H groups in total. The summed E-state index contributed by atoms with van der Waals surface area (Å²) in [4.78, 5) is 18.1. The lowest BCUT2D eigenvalue weighted by atomic mass is 9.72. The van der Waals surface area contributed by atoms with Crippen LogP contribution in [0.5, 0.6) is 5.75 Å². The maximum absolute atomic E-state index is 11.2. The van der Waals surface area contributed by atoms with Gasteiger partial charge in [-0.2, -0.15) is 0 Å². The minimum atomic E-state index is -0.558. The fourth-order valence-corrected chi connectivity index (χ4v) is 3.78. The number of H-pyrrole nitrogens is 1. The third kappa shape index (κ3) is 4.91. The van der Waals surface area contributed by atoms with Gasteiger partial charge in [0, 0.05) is 17.7 Å². The summed E-state index contributed by atoms with van der Waals surface area (Å²) in [6.45, 7) is 7.12. The topological polar surface area (TPSA) is 81.0 Å². The number of aromatic amines is 1. The highest BCUT2D eigenvalue weighted by Gasteiger charge is 2.28. The maximum atomic E-state index is 11.2. The third-order valence-electron chi connectivity index (χ3n) is 5.15. The van der Waals surface area contributed by atoms with Crippen LogP contribution in [0.1, 0.15) is 43.5 Å². The first-order valence-electron chi connectivity index (χ1n) is 10.2. The van der Waals surface area contributed by atoms with Crippen LogP contribution in [0.3, 0.4) is 0 Å². The van der Waals surface area contributed by atoms with Crippen LogP contribution in [-0.2, 0) is 6.61 Å². The van der Waals surface area contributed by atoms with E-state index in [9.17, 15) is 4.79 Å². The molecule has 2 aromatic heterocycles. The van der Waals surface area contributed by atoms with Gasteiger partial charge in [0.15, 0.2) is 5.82 Å². The van der Waals surface area contributed by atoms with Gasteiger partial charge in [0.05, 0.1) is 5.69 Å². The monoisotopic (exact) mass is 415 g/mol. The van der Waals surface area contributed by atoms with Gasteiger partial charge >= 0.3 is 5.76 Å². The van der Waals surface area contributed by atoms with E-state index in [0.717, 1.165) is 17.0 Å². The molecule has 0 saturated carbocycles. The molecule has 0 spiro atoms. The molecule has 0 bridgehead atoms. The average molecular weight is 415 g/mol. The van der Waals surface area contributed by atoms with Gasteiger partial charge in [-0.25, -0.2) is 4.79 Å². The molecule has 4 rings (SSSR count). The highest BCUT2D eigenvalue weighted by molar-refractivity contribution is 5.55. The molecular formula is C25H25N3O3. The quantitative estimate of drug-likeness (QED) is 0.469.